The molecule has 0 radical (unpaired) electrons. The molecule has 0 aliphatic heterocycles. The van der Waals surface area contributed by atoms with Crippen LogP contribution in [-0.4, -0.2) is 126 Å². The molecule has 0 amide bonds. The first-order valence-corrected chi connectivity index (χ1v) is 20.3. The molecule has 3 aromatic carbocycles. The molecule has 0 aliphatic carbocycles. The van der Waals surface area contributed by atoms with Crippen molar-refractivity contribution < 1.29 is 95.8 Å². The van der Waals surface area contributed by atoms with Gasteiger partial charge in [-0.3, -0.25) is 34.6 Å². The molecule has 0 saturated carbocycles. The van der Waals surface area contributed by atoms with Crippen LogP contribution >= 0.6 is 0 Å². The molecule has 0 aromatic heterocycles. The van der Waals surface area contributed by atoms with E-state index in [1.54, 1.807) is 18.2 Å². The van der Waals surface area contributed by atoms with Gasteiger partial charge in [0.2, 0.25) is 0 Å². The average molecular weight is 975 g/mol. The summed E-state index contributed by atoms with van der Waals surface area (Å²) in [7, 11) is 7.66. The van der Waals surface area contributed by atoms with Gasteiger partial charge in [0.15, 0.2) is 34.5 Å². The Hall–Kier alpha value is -8.44. The van der Waals surface area contributed by atoms with Crippen molar-refractivity contribution in [2.75, 3.05) is 75.7 Å². The molecule has 0 heterocycles. The second-order valence-electron chi connectivity index (χ2n) is 13.1. The lowest BCUT2D eigenvalue weighted by atomic mass is 10.1. The number of rotatable bonds is 27. The third-order valence-corrected chi connectivity index (χ3v) is 8.44. The fourth-order valence-corrected chi connectivity index (χ4v) is 5.17. The lowest BCUT2D eigenvalue weighted by Crippen LogP contribution is -2.09. The lowest BCUT2D eigenvalue weighted by molar-refractivity contribution is -0.385. The smallest absolute Gasteiger partial charge is 0.345 e. The summed E-state index contributed by atoms with van der Waals surface area (Å²) in [5.74, 6) is -2.54. The molecule has 3 rings (SSSR count). The molecule has 3 aromatic rings. The van der Waals surface area contributed by atoms with Crippen LogP contribution in [0.3, 0.4) is 0 Å². The first-order valence-electron chi connectivity index (χ1n) is 20.3. The van der Waals surface area contributed by atoms with Crippen LogP contribution in [0.25, 0.3) is 0 Å². The minimum absolute atomic E-state index is 0.0391. The van der Waals surface area contributed by atoms with Gasteiger partial charge in [0.1, 0.15) is 24.3 Å². The van der Waals surface area contributed by atoms with Crippen LogP contribution in [0, 0.1) is 20.2 Å². The number of nitrogens with zero attached hydrogens (tertiary/aromatic N) is 2. The van der Waals surface area contributed by atoms with Crippen LogP contribution in [0.15, 0.2) is 67.8 Å². The van der Waals surface area contributed by atoms with Crippen molar-refractivity contribution in [2.45, 2.75) is 38.5 Å². The third-order valence-electron chi connectivity index (χ3n) is 8.44. The van der Waals surface area contributed by atoms with E-state index in [9.17, 15) is 49.0 Å². The summed E-state index contributed by atoms with van der Waals surface area (Å²) in [5, 5.41) is 30.7. The van der Waals surface area contributed by atoms with Gasteiger partial charge in [-0.25, -0.2) is 14.4 Å². The molecule has 0 unspecified atom stereocenters. The van der Waals surface area contributed by atoms with Crippen molar-refractivity contribution in [3.63, 3.8) is 0 Å². The zero-order chi connectivity index (χ0) is 51.9. The highest BCUT2D eigenvalue weighted by Crippen LogP contribution is 2.36. The molecular weight excluding hydrogens is 920 g/mol. The lowest BCUT2D eigenvalue weighted by Gasteiger charge is -2.12. The Balaban J connectivity index is 0.000000519. The van der Waals surface area contributed by atoms with E-state index in [4.69, 9.17) is 43.0 Å². The predicted molar refractivity (Wildman–Crippen MR) is 240 cm³/mol. The highest BCUT2D eigenvalue weighted by Gasteiger charge is 2.27. The number of carboxylic acids is 1. The first-order chi connectivity index (χ1) is 33.0. The van der Waals surface area contributed by atoms with Gasteiger partial charge in [-0.05, 0) is 37.5 Å². The molecule has 69 heavy (non-hydrogen) atoms. The Bertz CT molecular complexity index is 2260. The molecule has 0 aliphatic rings. The molecule has 1 N–H and O–H groups in total. The monoisotopic (exact) mass is 974 g/mol. The van der Waals surface area contributed by atoms with Gasteiger partial charge in [0, 0.05) is 31.4 Å². The minimum atomic E-state index is -0.970. The Morgan fingerprint density at radius 1 is 0.536 bits per heavy atom. The summed E-state index contributed by atoms with van der Waals surface area (Å²) in [6, 6.07) is 9.21. The Morgan fingerprint density at radius 3 is 1.26 bits per heavy atom. The molecule has 0 fully saturated rings. The van der Waals surface area contributed by atoms with E-state index in [2.05, 4.69) is 27.4 Å². The van der Waals surface area contributed by atoms with Crippen LogP contribution in [-0.2, 0) is 38.1 Å². The summed E-state index contributed by atoms with van der Waals surface area (Å²) >= 11 is 0. The van der Waals surface area contributed by atoms with Gasteiger partial charge in [-0.2, -0.15) is 0 Å². The number of esters is 5. The number of nitro groups is 2. The van der Waals surface area contributed by atoms with Crippen LogP contribution in [0.2, 0.25) is 0 Å². The van der Waals surface area contributed by atoms with E-state index >= 15 is 0 Å². The number of hydrogen-bond donors (Lipinski definition) is 1. The van der Waals surface area contributed by atoms with Gasteiger partial charge in [-0.15, -0.1) is 0 Å². The number of benzene rings is 3. The molecule has 24 heteroatoms. The van der Waals surface area contributed by atoms with Crippen molar-refractivity contribution in [1.29, 1.82) is 0 Å². The summed E-state index contributed by atoms with van der Waals surface area (Å²) in [4.78, 5) is 88.4. The van der Waals surface area contributed by atoms with E-state index < -0.39 is 51.1 Å². The van der Waals surface area contributed by atoms with Gasteiger partial charge in [-0.1, -0.05) is 25.3 Å². The zero-order valence-corrected chi connectivity index (χ0v) is 38.8. The normalized spacial score (nSPS) is 9.83. The number of carboxylic acid groups (broad SMARTS) is 1. The van der Waals surface area contributed by atoms with Crippen LogP contribution in [0.1, 0.15) is 69.6 Å². The number of aliphatic carboxylic acids is 1. The van der Waals surface area contributed by atoms with Crippen molar-refractivity contribution in [1.82, 2.24) is 0 Å². The topological polar surface area (TPSA) is 310 Å². The van der Waals surface area contributed by atoms with Crippen molar-refractivity contribution in [2.24, 2.45) is 0 Å². The van der Waals surface area contributed by atoms with Crippen molar-refractivity contribution in [3.05, 3.63) is 105 Å². The summed E-state index contributed by atoms with van der Waals surface area (Å²) < 4.78 is 54.9. The predicted octanol–water partition coefficient (Wildman–Crippen LogP) is 6.28. The van der Waals surface area contributed by atoms with Gasteiger partial charge in [0.05, 0.1) is 90.0 Å². The van der Waals surface area contributed by atoms with E-state index in [-0.39, 0.29) is 92.2 Å². The summed E-state index contributed by atoms with van der Waals surface area (Å²) in [6.45, 7) is 7.72. The number of carbonyl (C=O) groups is 6. The molecule has 0 bridgehead atoms. The summed E-state index contributed by atoms with van der Waals surface area (Å²) in [6.07, 6.45) is 4.34. The molecular formula is C45H54N2O22. The average Bonchev–Trinajstić information content (AvgIpc) is 3.35. The van der Waals surface area contributed by atoms with E-state index in [0.717, 1.165) is 32.4 Å². The fraction of sp³-hybridized carbons (Fsp3) is 0.378. The maximum absolute atomic E-state index is 11.7. The van der Waals surface area contributed by atoms with E-state index in [0.29, 0.717) is 36.5 Å². The number of nitro benzene ring substituents is 2. The second kappa shape index (κ2) is 32.3. The number of carbonyl (C=O) groups excluding carboxylic acids is 5. The maximum atomic E-state index is 11.7. The number of methoxy groups -OCH3 is 6. The largest absolute Gasteiger partial charge is 0.493 e. The highest BCUT2D eigenvalue weighted by atomic mass is 16.6. The van der Waals surface area contributed by atoms with E-state index in [1.165, 1.54) is 46.7 Å². The number of hydrogen-bond acceptors (Lipinski definition) is 21. The molecule has 0 spiro atoms. The molecule has 0 saturated heterocycles. The zero-order valence-electron chi connectivity index (χ0n) is 38.8. The Morgan fingerprint density at radius 2 is 0.913 bits per heavy atom. The van der Waals surface area contributed by atoms with Gasteiger partial charge >= 0.3 is 35.8 Å². The van der Waals surface area contributed by atoms with Gasteiger partial charge in [0.25, 0.3) is 11.4 Å². The SMILES string of the molecule is C=CCOC(=O)CCCOc1cc([N+](=O)[O-])c(C(=O)OC)cc1OC.C=CCOC(=O)CCCOc1ccc(C(=O)OC)cc1OC.COC(=O)c1cc(OC)c(OCCCC(=O)O)cc1[N+](=O)[O-]. The van der Waals surface area contributed by atoms with Crippen molar-refractivity contribution >= 4 is 47.2 Å². The third kappa shape index (κ3) is 20.7. The minimum Gasteiger partial charge on any atom is -0.493 e. The van der Waals surface area contributed by atoms with Crippen LogP contribution < -0.4 is 28.4 Å². The molecule has 376 valence electrons. The van der Waals surface area contributed by atoms with E-state index in [1.807, 2.05) is 0 Å². The quantitative estimate of drug-likeness (QED) is 0.0219. The Kier molecular flexibility index (Phi) is 27.4. The highest BCUT2D eigenvalue weighted by molar-refractivity contribution is 5.95. The molecule has 0 atom stereocenters. The fourth-order valence-electron chi connectivity index (χ4n) is 5.17. The maximum Gasteiger partial charge on any atom is 0.345 e. The molecule has 24 nitrogen and oxygen atoms in total. The second-order valence-corrected chi connectivity index (χ2v) is 13.1. The van der Waals surface area contributed by atoms with Crippen LogP contribution in [0.5, 0.6) is 34.5 Å². The standard InChI is InChI=1S/C16H19NO8.C16H20O6.C13H15NO8/c1-4-7-25-15(18)6-5-8-24-14-10-12(17(20)21)11(16(19)23-3)9-13(14)22-2;1-4-9-22-15(17)6-5-10-21-13-8-7-12(16(18)20-3)11-14(13)19-2;1-20-10-6-8(13(17)21-2)9(14(18)19)7-11(10)22-5-3-4-12(15)16/h4,9-10H,1,5-8H2,2-3H3;4,7-8,11H,1,5-6,9-10H2,2-3H3;6-7H,3-5H2,1-2H3,(H,15,16). The van der Waals surface area contributed by atoms with Gasteiger partial charge < -0.3 is 57.2 Å². The summed E-state index contributed by atoms with van der Waals surface area (Å²) in [5.41, 5.74) is -1.08. The number of ether oxygens (including phenoxy) is 11. The first kappa shape index (κ1) is 58.6. The Labute approximate surface area is 395 Å². The van der Waals surface area contributed by atoms with Crippen LogP contribution in [0.4, 0.5) is 11.4 Å². The van der Waals surface area contributed by atoms with Crippen molar-refractivity contribution in [3.8, 4) is 34.5 Å².